The fourth-order valence-corrected chi connectivity index (χ4v) is 2.43. The van der Waals surface area contributed by atoms with Crippen LogP contribution in [0.3, 0.4) is 0 Å². The number of amides is 1. The lowest BCUT2D eigenvalue weighted by Crippen LogP contribution is -2.49. The van der Waals surface area contributed by atoms with E-state index in [0.29, 0.717) is 12.5 Å². The molecule has 100 valence electrons. The minimum Gasteiger partial charge on any atom is -0.351 e. The summed E-state index contributed by atoms with van der Waals surface area (Å²) < 4.78 is 0. The van der Waals surface area contributed by atoms with Gasteiger partial charge in [0.1, 0.15) is 0 Å². The lowest BCUT2D eigenvalue weighted by molar-refractivity contribution is -0.130. The summed E-state index contributed by atoms with van der Waals surface area (Å²) in [4.78, 5) is 12.1. The molecule has 0 heterocycles. The van der Waals surface area contributed by atoms with Crippen LogP contribution in [-0.4, -0.2) is 18.5 Å². The third-order valence-electron chi connectivity index (χ3n) is 4.29. The van der Waals surface area contributed by atoms with Crippen molar-refractivity contribution >= 4 is 5.91 Å². The zero-order chi connectivity index (χ0) is 12.9. The Kier molecular flexibility index (Phi) is 5.44. The molecule has 1 unspecified atom stereocenters. The van der Waals surface area contributed by atoms with Crippen LogP contribution in [0.4, 0.5) is 0 Å². The van der Waals surface area contributed by atoms with Gasteiger partial charge < -0.3 is 11.1 Å². The van der Waals surface area contributed by atoms with Crippen molar-refractivity contribution in [1.29, 1.82) is 0 Å². The molecule has 1 atom stereocenters. The summed E-state index contributed by atoms with van der Waals surface area (Å²) in [6, 6.07) is 0.175. The normalized spacial score (nSPS) is 20.0. The Hall–Kier alpha value is -0.570. The van der Waals surface area contributed by atoms with Crippen LogP contribution in [-0.2, 0) is 4.79 Å². The highest BCUT2D eigenvalue weighted by Crippen LogP contribution is 2.27. The second-order valence-corrected chi connectivity index (χ2v) is 5.95. The van der Waals surface area contributed by atoms with Crippen LogP contribution in [0.1, 0.15) is 59.3 Å². The van der Waals surface area contributed by atoms with E-state index in [1.807, 2.05) is 13.8 Å². The quantitative estimate of drug-likeness (QED) is 0.775. The Balaban J connectivity index is 2.54. The van der Waals surface area contributed by atoms with Gasteiger partial charge in [0.05, 0.1) is 0 Å². The third-order valence-corrected chi connectivity index (χ3v) is 4.29. The lowest BCUT2D eigenvalue weighted by atomic mass is 9.82. The molecule has 0 aromatic heterocycles. The number of nitrogens with one attached hydrogen (secondary N) is 1. The number of nitrogens with two attached hydrogens (primary N) is 1. The molecule has 1 fully saturated rings. The molecule has 1 rings (SSSR count). The van der Waals surface area contributed by atoms with Gasteiger partial charge in [0, 0.05) is 18.0 Å². The summed E-state index contributed by atoms with van der Waals surface area (Å²) in [5, 5.41) is 3.16. The zero-order valence-corrected chi connectivity index (χ0v) is 11.6. The van der Waals surface area contributed by atoms with E-state index >= 15 is 0 Å². The molecular weight excluding hydrogens is 212 g/mol. The molecule has 0 bridgehead atoms. The maximum Gasteiger partial charge on any atom is 0.225 e. The van der Waals surface area contributed by atoms with Crippen LogP contribution in [0, 0.1) is 11.3 Å². The van der Waals surface area contributed by atoms with Gasteiger partial charge in [0.2, 0.25) is 5.91 Å². The number of hydrogen-bond acceptors (Lipinski definition) is 2. The van der Waals surface area contributed by atoms with Gasteiger partial charge in [0.15, 0.2) is 0 Å². The maximum absolute atomic E-state index is 12.1. The highest BCUT2D eigenvalue weighted by atomic mass is 16.2. The first-order valence-electron chi connectivity index (χ1n) is 7.02. The Labute approximate surface area is 106 Å². The summed E-state index contributed by atoms with van der Waals surface area (Å²) in [7, 11) is 0. The van der Waals surface area contributed by atoms with Crippen molar-refractivity contribution in [3.63, 3.8) is 0 Å². The monoisotopic (exact) mass is 240 g/mol. The van der Waals surface area contributed by atoms with E-state index in [0.717, 1.165) is 6.42 Å². The minimum absolute atomic E-state index is 0.154. The average Bonchev–Trinajstić information content (AvgIpc) is 2.36. The molecule has 0 aliphatic heterocycles. The molecule has 3 heteroatoms. The third kappa shape index (κ3) is 3.98. The van der Waals surface area contributed by atoms with Gasteiger partial charge in [-0.2, -0.15) is 0 Å². The van der Waals surface area contributed by atoms with Crippen LogP contribution in [0.5, 0.6) is 0 Å². The van der Waals surface area contributed by atoms with Crippen LogP contribution in [0.2, 0.25) is 0 Å². The molecule has 17 heavy (non-hydrogen) atoms. The van der Waals surface area contributed by atoms with E-state index in [2.05, 4.69) is 12.2 Å². The summed E-state index contributed by atoms with van der Waals surface area (Å²) in [6.07, 6.45) is 7.20. The van der Waals surface area contributed by atoms with Crippen molar-refractivity contribution in [1.82, 2.24) is 5.32 Å². The molecule has 0 spiro atoms. The minimum atomic E-state index is -0.276. The first-order chi connectivity index (χ1) is 8.01. The number of rotatable bonds is 5. The molecule has 0 aromatic carbocycles. The molecule has 1 amide bonds. The van der Waals surface area contributed by atoms with Crippen molar-refractivity contribution in [3.8, 4) is 0 Å². The first-order valence-corrected chi connectivity index (χ1v) is 7.02. The largest absolute Gasteiger partial charge is 0.351 e. The van der Waals surface area contributed by atoms with Crippen molar-refractivity contribution in [3.05, 3.63) is 0 Å². The van der Waals surface area contributed by atoms with Crippen LogP contribution in [0.15, 0.2) is 0 Å². The van der Waals surface area contributed by atoms with Gasteiger partial charge in [-0.3, -0.25) is 4.79 Å². The first kappa shape index (κ1) is 14.5. The summed E-state index contributed by atoms with van der Waals surface area (Å²) >= 11 is 0. The molecule has 1 aliphatic carbocycles. The molecule has 3 N–H and O–H groups in total. The number of carbonyl (C=O) groups excluding carboxylic acids is 1. The Morgan fingerprint density at radius 2 is 1.94 bits per heavy atom. The maximum atomic E-state index is 12.1. The van der Waals surface area contributed by atoms with E-state index in [9.17, 15) is 4.79 Å². The molecule has 1 aliphatic rings. The fraction of sp³-hybridized carbons (Fsp3) is 0.929. The second kappa shape index (κ2) is 6.39. The standard InChI is InChI=1S/C14H28N2O/c1-4-14(2,3)13(17)16-12(10-15)11-8-6-5-7-9-11/h11-12H,4-10,15H2,1-3H3,(H,16,17). The molecule has 0 saturated heterocycles. The highest BCUT2D eigenvalue weighted by molar-refractivity contribution is 5.82. The van der Waals surface area contributed by atoms with Crippen molar-refractivity contribution in [2.45, 2.75) is 65.3 Å². The Morgan fingerprint density at radius 3 is 2.41 bits per heavy atom. The number of carbonyl (C=O) groups is 1. The predicted octanol–water partition coefficient (Wildman–Crippen LogP) is 2.45. The van der Waals surface area contributed by atoms with Crippen molar-refractivity contribution in [2.24, 2.45) is 17.1 Å². The van der Waals surface area contributed by atoms with Gasteiger partial charge in [-0.1, -0.05) is 40.0 Å². The lowest BCUT2D eigenvalue weighted by Gasteiger charge is -2.32. The van der Waals surface area contributed by atoms with Gasteiger partial charge in [-0.15, -0.1) is 0 Å². The highest BCUT2D eigenvalue weighted by Gasteiger charge is 2.30. The van der Waals surface area contributed by atoms with Crippen LogP contribution >= 0.6 is 0 Å². The van der Waals surface area contributed by atoms with Crippen molar-refractivity contribution in [2.75, 3.05) is 6.54 Å². The van der Waals surface area contributed by atoms with Crippen LogP contribution < -0.4 is 11.1 Å². The SMILES string of the molecule is CCC(C)(C)C(=O)NC(CN)C1CCCCC1. The van der Waals surface area contributed by atoms with E-state index in [4.69, 9.17) is 5.73 Å². The van der Waals surface area contributed by atoms with E-state index in [1.165, 1.54) is 32.1 Å². The van der Waals surface area contributed by atoms with Gasteiger partial charge in [-0.25, -0.2) is 0 Å². The number of hydrogen-bond donors (Lipinski definition) is 2. The Bertz CT molecular complexity index is 245. The van der Waals surface area contributed by atoms with Gasteiger partial charge in [0.25, 0.3) is 0 Å². The summed E-state index contributed by atoms with van der Waals surface area (Å²) in [5.74, 6) is 0.742. The van der Waals surface area contributed by atoms with Gasteiger partial charge in [-0.05, 0) is 25.2 Å². The van der Waals surface area contributed by atoms with E-state index in [1.54, 1.807) is 0 Å². The van der Waals surface area contributed by atoms with Gasteiger partial charge >= 0.3 is 0 Å². The Morgan fingerprint density at radius 1 is 1.35 bits per heavy atom. The summed E-state index contributed by atoms with van der Waals surface area (Å²) in [5.41, 5.74) is 5.55. The molecule has 3 nitrogen and oxygen atoms in total. The molecule has 0 aromatic rings. The summed E-state index contributed by atoms with van der Waals surface area (Å²) in [6.45, 7) is 6.61. The average molecular weight is 240 g/mol. The smallest absolute Gasteiger partial charge is 0.225 e. The zero-order valence-electron chi connectivity index (χ0n) is 11.6. The molecule has 1 saturated carbocycles. The predicted molar refractivity (Wildman–Crippen MR) is 71.6 cm³/mol. The second-order valence-electron chi connectivity index (χ2n) is 5.95. The van der Waals surface area contributed by atoms with E-state index < -0.39 is 0 Å². The molecular formula is C14H28N2O. The van der Waals surface area contributed by atoms with E-state index in [-0.39, 0.29) is 17.4 Å². The fourth-order valence-electron chi connectivity index (χ4n) is 2.43. The van der Waals surface area contributed by atoms with Crippen LogP contribution in [0.25, 0.3) is 0 Å². The van der Waals surface area contributed by atoms with Crippen molar-refractivity contribution < 1.29 is 4.79 Å². The molecule has 0 radical (unpaired) electrons. The topological polar surface area (TPSA) is 55.1 Å².